The second-order valence-electron chi connectivity index (χ2n) is 3.30. The van der Waals surface area contributed by atoms with Gasteiger partial charge in [0.25, 0.3) is 0 Å². The first-order valence-electron chi connectivity index (χ1n) is 4.88. The summed E-state index contributed by atoms with van der Waals surface area (Å²) in [4.78, 5) is 12.2. The number of nitrogens with zero attached hydrogens (tertiary/aromatic N) is 1. The first-order valence-corrected chi connectivity index (χ1v) is 6.33. The van der Waals surface area contributed by atoms with Gasteiger partial charge < -0.3 is 10.0 Å². The lowest BCUT2D eigenvalue weighted by Gasteiger charge is -2.21. The minimum Gasteiger partial charge on any atom is -0.465 e. The number of benzene rings is 1. The van der Waals surface area contributed by atoms with E-state index in [9.17, 15) is 4.79 Å². The molecule has 0 saturated carbocycles. The van der Waals surface area contributed by atoms with E-state index in [1.807, 2.05) is 30.3 Å². The summed E-state index contributed by atoms with van der Waals surface area (Å²) < 4.78 is 0. The van der Waals surface area contributed by atoms with Gasteiger partial charge in [0.1, 0.15) is 0 Å². The van der Waals surface area contributed by atoms with Crippen LogP contribution in [0.5, 0.6) is 0 Å². The van der Waals surface area contributed by atoms with Gasteiger partial charge in [-0.2, -0.15) is 0 Å². The standard InChI is InChI=1S/C11H13BrClNO2/c12-10(9-4-2-1-3-5-9)8-14(7-6-13)11(15)16/h1-5,10H,6-8H2,(H,15,16). The van der Waals surface area contributed by atoms with E-state index in [1.165, 1.54) is 4.90 Å². The van der Waals surface area contributed by atoms with Gasteiger partial charge in [-0.15, -0.1) is 11.6 Å². The Morgan fingerprint density at radius 1 is 1.44 bits per heavy atom. The van der Waals surface area contributed by atoms with Gasteiger partial charge in [0.15, 0.2) is 0 Å². The first kappa shape index (κ1) is 13.3. The Morgan fingerprint density at radius 3 is 2.56 bits per heavy atom. The van der Waals surface area contributed by atoms with E-state index in [0.29, 0.717) is 19.0 Å². The fraction of sp³-hybridized carbons (Fsp3) is 0.364. The molecular formula is C11H13BrClNO2. The second kappa shape index (κ2) is 6.76. The van der Waals surface area contributed by atoms with Crippen molar-refractivity contribution in [1.82, 2.24) is 4.90 Å². The van der Waals surface area contributed by atoms with Gasteiger partial charge in [0.05, 0.1) is 4.83 Å². The smallest absolute Gasteiger partial charge is 0.407 e. The number of alkyl halides is 2. The predicted molar refractivity (Wildman–Crippen MR) is 68.4 cm³/mol. The van der Waals surface area contributed by atoms with Gasteiger partial charge in [0.2, 0.25) is 0 Å². The van der Waals surface area contributed by atoms with Crippen molar-refractivity contribution in [2.45, 2.75) is 4.83 Å². The molecule has 1 atom stereocenters. The van der Waals surface area contributed by atoms with E-state index in [2.05, 4.69) is 15.9 Å². The van der Waals surface area contributed by atoms with Crippen molar-refractivity contribution in [2.24, 2.45) is 0 Å². The molecule has 0 aliphatic heterocycles. The van der Waals surface area contributed by atoms with E-state index in [1.54, 1.807) is 0 Å². The van der Waals surface area contributed by atoms with Crippen LogP contribution < -0.4 is 0 Å². The summed E-state index contributed by atoms with van der Waals surface area (Å²) in [6.45, 7) is 0.734. The summed E-state index contributed by atoms with van der Waals surface area (Å²) in [6, 6.07) is 9.70. The zero-order chi connectivity index (χ0) is 12.0. The largest absolute Gasteiger partial charge is 0.465 e. The summed E-state index contributed by atoms with van der Waals surface area (Å²) in [6.07, 6.45) is -0.943. The number of rotatable bonds is 5. The van der Waals surface area contributed by atoms with Crippen molar-refractivity contribution < 1.29 is 9.90 Å². The maximum atomic E-state index is 10.9. The van der Waals surface area contributed by atoms with Crippen LogP contribution in [0.15, 0.2) is 30.3 Å². The lowest BCUT2D eigenvalue weighted by molar-refractivity contribution is 0.148. The molecule has 1 amide bonds. The van der Waals surface area contributed by atoms with Crippen LogP contribution in [0.25, 0.3) is 0 Å². The van der Waals surface area contributed by atoms with E-state index in [0.717, 1.165) is 5.56 Å². The minimum absolute atomic E-state index is 0.00647. The Kier molecular flexibility index (Phi) is 5.63. The second-order valence-corrected chi connectivity index (χ2v) is 4.78. The molecular weight excluding hydrogens is 293 g/mol. The highest BCUT2D eigenvalue weighted by Crippen LogP contribution is 2.23. The van der Waals surface area contributed by atoms with Crippen molar-refractivity contribution in [3.8, 4) is 0 Å². The van der Waals surface area contributed by atoms with Gasteiger partial charge in [-0.05, 0) is 5.56 Å². The molecule has 0 fully saturated rings. The minimum atomic E-state index is -0.943. The Hall–Kier alpha value is -0.740. The fourth-order valence-electron chi connectivity index (χ4n) is 1.33. The molecule has 0 radical (unpaired) electrons. The lowest BCUT2D eigenvalue weighted by Crippen LogP contribution is -2.33. The third-order valence-corrected chi connectivity index (χ3v) is 3.15. The van der Waals surface area contributed by atoms with Crippen LogP contribution >= 0.6 is 27.5 Å². The van der Waals surface area contributed by atoms with Gasteiger partial charge in [-0.25, -0.2) is 4.79 Å². The SMILES string of the molecule is O=C(O)N(CCCl)CC(Br)c1ccccc1. The third kappa shape index (κ3) is 4.02. The molecule has 1 N–H and O–H groups in total. The summed E-state index contributed by atoms with van der Waals surface area (Å²) in [7, 11) is 0. The number of hydrogen-bond acceptors (Lipinski definition) is 1. The quantitative estimate of drug-likeness (QED) is 0.848. The highest BCUT2D eigenvalue weighted by Gasteiger charge is 2.16. The molecule has 1 aromatic rings. The topological polar surface area (TPSA) is 40.5 Å². The number of hydrogen-bond donors (Lipinski definition) is 1. The molecule has 1 aromatic carbocycles. The lowest BCUT2D eigenvalue weighted by atomic mass is 10.1. The van der Waals surface area contributed by atoms with Gasteiger partial charge >= 0.3 is 6.09 Å². The van der Waals surface area contributed by atoms with Gasteiger partial charge in [-0.1, -0.05) is 46.3 Å². The molecule has 0 aliphatic carbocycles. The maximum Gasteiger partial charge on any atom is 0.407 e. The number of carbonyl (C=O) groups is 1. The van der Waals surface area contributed by atoms with Crippen molar-refractivity contribution in [3.05, 3.63) is 35.9 Å². The summed E-state index contributed by atoms with van der Waals surface area (Å²) in [5.41, 5.74) is 1.06. The Labute approximate surface area is 108 Å². The molecule has 0 saturated heterocycles. The highest BCUT2D eigenvalue weighted by atomic mass is 79.9. The van der Waals surface area contributed by atoms with E-state index < -0.39 is 6.09 Å². The highest BCUT2D eigenvalue weighted by molar-refractivity contribution is 9.09. The first-order chi connectivity index (χ1) is 7.65. The van der Waals surface area contributed by atoms with Crippen molar-refractivity contribution in [1.29, 1.82) is 0 Å². The molecule has 88 valence electrons. The zero-order valence-electron chi connectivity index (χ0n) is 8.64. The van der Waals surface area contributed by atoms with Gasteiger partial charge in [-0.3, -0.25) is 0 Å². The summed E-state index contributed by atoms with van der Waals surface area (Å²) in [5, 5.41) is 8.95. The molecule has 0 bridgehead atoms. The molecule has 1 rings (SSSR count). The van der Waals surface area contributed by atoms with Crippen LogP contribution in [0, 0.1) is 0 Å². The van der Waals surface area contributed by atoms with Crippen LogP contribution in [-0.4, -0.2) is 35.1 Å². The van der Waals surface area contributed by atoms with E-state index in [4.69, 9.17) is 16.7 Å². The monoisotopic (exact) mass is 305 g/mol. The van der Waals surface area contributed by atoms with Crippen LogP contribution in [0.2, 0.25) is 0 Å². The van der Waals surface area contributed by atoms with Crippen molar-refractivity contribution in [2.75, 3.05) is 19.0 Å². The van der Waals surface area contributed by atoms with Crippen LogP contribution in [0.3, 0.4) is 0 Å². The molecule has 3 nitrogen and oxygen atoms in total. The Balaban J connectivity index is 2.61. The molecule has 16 heavy (non-hydrogen) atoms. The zero-order valence-corrected chi connectivity index (χ0v) is 11.0. The average Bonchev–Trinajstić information content (AvgIpc) is 2.29. The average molecular weight is 307 g/mol. The van der Waals surface area contributed by atoms with Crippen LogP contribution in [0.4, 0.5) is 4.79 Å². The Bertz CT molecular complexity index is 334. The molecule has 0 aliphatic rings. The van der Waals surface area contributed by atoms with Crippen molar-refractivity contribution >= 4 is 33.6 Å². The van der Waals surface area contributed by atoms with Crippen LogP contribution in [-0.2, 0) is 0 Å². The Morgan fingerprint density at radius 2 is 2.06 bits per heavy atom. The molecule has 0 heterocycles. The third-order valence-electron chi connectivity index (χ3n) is 2.17. The molecule has 0 spiro atoms. The normalized spacial score (nSPS) is 12.1. The fourth-order valence-corrected chi connectivity index (χ4v) is 2.19. The maximum absolute atomic E-state index is 10.9. The van der Waals surface area contributed by atoms with Crippen LogP contribution in [0.1, 0.15) is 10.4 Å². The number of amides is 1. The number of halogens is 2. The number of carboxylic acid groups (broad SMARTS) is 1. The molecule has 5 heteroatoms. The molecule has 1 unspecified atom stereocenters. The summed E-state index contributed by atoms with van der Waals surface area (Å²) >= 11 is 9.03. The molecule has 0 aromatic heterocycles. The van der Waals surface area contributed by atoms with E-state index in [-0.39, 0.29) is 4.83 Å². The van der Waals surface area contributed by atoms with Crippen molar-refractivity contribution in [3.63, 3.8) is 0 Å². The van der Waals surface area contributed by atoms with E-state index >= 15 is 0 Å². The van der Waals surface area contributed by atoms with Gasteiger partial charge in [0, 0.05) is 19.0 Å². The predicted octanol–water partition coefficient (Wildman–Crippen LogP) is 3.34. The summed E-state index contributed by atoms with van der Waals surface area (Å²) in [5.74, 6) is 0.306.